The first-order chi connectivity index (χ1) is 9.97. The molecule has 0 unspecified atom stereocenters. The van der Waals surface area contributed by atoms with Crippen LogP contribution in [0.3, 0.4) is 0 Å². The second-order valence-corrected chi connectivity index (χ2v) is 5.22. The minimum absolute atomic E-state index is 0.182. The first-order valence-corrected chi connectivity index (χ1v) is 6.89. The standard InChI is InChI=1S/C17H17ClO3/c1-10-7-13(15(18)8-11(10)2)17(19)14-9-12(20-3)5-6-16(14)21-4/h5-9H,1-4H3. The summed E-state index contributed by atoms with van der Waals surface area (Å²) in [5.74, 6) is 0.910. The fourth-order valence-corrected chi connectivity index (χ4v) is 2.40. The SMILES string of the molecule is COc1ccc(OC)c(C(=O)c2cc(C)c(C)cc2Cl)c1. The summed E-state index contributed by atoms with van der Waals surface area (Å²) >= 11 is 6.22. The third kappa shape index (κ3) is 3.03. The molecule has 2 rings (SSSR count). The first-order valence-electron chi connectivity index (χ1n) is 6.51. The molecule has 3 nitrogen and oxygen atoms in total. The van der Waals surface area contributed by atoms with Gasteiger partial charge in [-0.3, -0.25) is 4.79 Å². The molecule has 2 aromatic carbocycles. The van der Waals surface area contributed by atoms with Crippen molar-refractivity contribution in [1.82, 2.24) is 0 Å². The summed E-state index contributed by atoms with van der Waals surface area (Å²) in [6.45, 7) is 3.91. The Hall–Kier alpha value is -2.00. The normalized spacial score (nSPS) is 10.3. The molecule has 110 valence electrons. The van der Waals surface area contributed by atoms with E-state index in [0.29, 0.717) is 27.6 Å². The van der Waals surface area contributed by atoms with Gasteiger partial charge >= 0.3 is 0 Å². The Kier molecular flexibility index (Phi) is 4.53. The number of carbonyl (C=O) groups is 1. The van der Waals surface area contributed by atoms with Crippen LogP contribution in [-0.4, -0.2) is 20.0 Å². The summed E-state index contributed by atoms with van der Waals surface area (Å²) in [5, 5.41) is 0.438. The molecule has 0 aliphatic heterocycles. The molecule has 2 aromatic rings. The molecule has 0 amide bonds. The highest BCUT2D eigenvalue weighted by Crippen LogP contribution is 2.30. The van der Waals surface area contributed by atoms with Gasteiger partial charge in [-0.15, -0.1) is 0 Å². The topological polar surface area (TPSA) is 35.5 Å². The van der Waals surface area contributed by atoms with Crippen molar-refractivity contribution >= 4 is 17.4 Å². The molecule has 0 saturated carbocycles. The number of ether oxygens (including phenoxy) is 2. The van der Waals surface area contributed by atoms with E-state index in [4.69, 9.17) is 21.1 Å². The van der Waals surface area contributed by atoms with Crippen LogP contribution in [-0.2, 0) is 0 Å². The molecule has 0 N–H and O–H groups in total. The van der Waals surface area contributed by atoms with E-state index in [1.807, 2.05) is 13.8 Å². The summed E-state index contributed by atoms with van der Waals surface area (Å²) in [5.41, 5.74) is 2.96. The smallest absolute Gasteiger partial charge is 0.198 e. The second kappa shape index (κ2) is 6.19. The van der Waals surface area contributed by atoms with Crippen LogP contribution in [0.15, 0.2) is 30.3 Å². The van der Waals surface area contributed by atoms with Gasteiger partial charge in [0.2, 0.25) is 0 Å². The quantitative estimate of drug-likeness (QED) is 0.794. The van der Waals surface area contributed by atoms with E-state index in [-0.39, 0.29) is 5.78 Å². The molecule has 0 saturated heterocycles. The number of methoxy groups -OCH3 is 2. The second-order valence-electron chi connectivity index (χ2n) is 4.81. The van der Waals surface area contributed by atoms with Gasteiger partial charge in [0, 0.05) is 5.56 Å². The maximum absolute atomic E-state index is 12.8. The highest BCUT2D eigenvalue weighted by molar-refractivity contribution is 6.35. The Bertz CT molecular complexity index is 693. The third-order valence-electron chi connectivity index (χ3n) is 3.48. The largest absolute Gasteiger partial charge is 0.497 e. The maximum Gasteiger partial charge on any atom is 0.198 e. The Balaban J connectivity index is 2.56. The van der Waals surface area contributed by atoms with Gasteiger partial charge in [0.1, 0.15) is 11.5 Å². The van der Waals surface area contributed by atoms with Crippen LogP contribution in [0.4, 0.5) is 0 Å². The summed E-state index contributed by atoms with van der Waals surface area (Å²) in [6, 6.07) is 8.72. The minimum Gasteiger partial charge on any atom is -0.497 e. The number of benzene rings is 2. The van der Waals surface area contributed by atoms with Crippen LogP contribution in [0.1, 0.15) is 27.0 Å². The van der Waals surface area contributed by atoms with Crippen molar-refractivity contribution in [3.8, 4) is 11.5 Å². The van der Waals surface area contributed by atoms with E-state index in [9.17, 15) is 4.79 Å². The molecular weight excluding hydrogens is 288 g/mol. The highest BCUT2D eigenvalue weighted by atomic mass is 35.5. The zero-order valence-corrected chi connectivity index (χ0v) is 13.2. The zero-order chi connectivity index (χ0) is 15.6. The van der Waals surface area contributed by atoms with E-state index < -0.39 is 0 Å². The van der Waals surface area contributed by atoms with Crippen LogP contribution >= 0.6 is 11.6 Å². The molecule has 0 bridgehead atoms. The third-order valence-corrected chi connectivity index (χ3v) is 3.79. The number of aryl methyl sites for hydroxylation is 2. The maximum atomic E-state index is 12.8. The van der Waals surface area contributed by atoms with Crippen molar-refractivity contribution in [3.63, 3.8) is 0 Å². The summed E-state index contributed by atoms with van der Waals surface area (Å²) in [7, 11) is 3.08. The van der Waals surface area contributed by atoms with E-state index in [0.717, 1.165) is 11.1 Å². The first kappa shape index (κ1) is 15.4. The molecule has 0 aliphatic carbocycles. The van der Waals surface area contributed by atoms with Crippen LogP contribution in [0.25, 0.3) is 0 Å². The Morgan fingerprint density at radius 2 is 1.62 bits per heavy atom. The number of halogens is 1. The molecule has 0 heterocycles. The molecule has 4 heteroatoms. The van der Waals surface area contributed by atoms with Gasteiger partial charge in [0.05, 0.1) is 24.8 Å². The van der Waals surface area contributed by atoms with Gasteiger partial charge < -0.3 is 9.47 Å². The predicted molar refractivity (Wildman–Crippen MR) is 83.9 cm³/mol. The number of hydrogen-bond acceptors (Lipinski definition) is 3. The van der Waals surface area contributed by atoms with Crippen LogP contribution in [0.5, 0.6) is 11.5 Å². The monoisotopic (exact) mass is 304 g/mol. The number of carbonyl (C=O) groups excluding carboxylic acids is 1. The van der Waals surface area contributed by atoms with Crippen molar-refractivity contribution in [2.24, 2.45) is 0 Å². The lowest BCUT2D eigenvalue weighted by molar-refractivity contribution is 0.103. The average molecular weight is 305 g/mol. The van der Waals surface area contributed by atoms with Crippen molar-refractivity contribution < 1.29 is 14.3 Å². The number of hydrogen-bond donors (Lipinski definition) is 0. The van der Waals surface area contributed by atoms with Crippen molar-refractivity contribution in [3.05, 3.63) is 57.6 Å². The summed E-state index contributed by atoms with van der Waals surface area (Å²) in [4.78, 5) is 12.8. The summed E-state index contributed by atoms with van der Waals surface area (Å²) in [6.07, 6.45) is 0. The fraction of sp³-hybridized carbons (Fsp3) is 0.235. The molecule has 0 atom stereocenters. The molecular formula is C17H17ClO3. The Labute approximate surface area is 129 Å². The van der Waals surface area contributed by atoms with Crippen molar-refractivity contribution in [2.75, 3.05) is 14.2 Å². The van der Waals surface area contributed by atoms with Crippen LogP contribution < -0.4 is 9.47 Å². The molecule has 21 heavy (non-hydrogen) atoms. The van der Waals surface area contributed by atoms with E-state index in [2.05, 4.69) is 0 Å². The van der Waals surface area contributed by atoms with Gasteiger partial charge in [-0.1, -0.05) is 11.6 Å². The van der Waals surface area contributed by atoms with Crippen LogP contribution in [0, 0.1) is 13.8 Å². The van der Waals surface area contributed by atoms with Gasteiger partial charge in [-0.05, 0) is 55.3 Å². The molecule has 0 aromatic heterocycles. The Morgan fingerprint density at radius 1 is 0.952 bits per heavy atom. The average Bonchev–Trinajstić information content (AvgIpc) is 2.49. The van der Waals surface area contributed by atoms with Gasteiger partial charge in [-0.2, -0.15) is 0 Å². The van der Waals surface area contributed by atoms with Gasteiger partial charge in [-0.25, -0.2) is 0 Å². The minimum atomic E-state index is -0.182. The summed E-state index contributed by atoms with van der Waals surface area (Å²) < 4.78 is 10.4. The Morgan fingerprint density at radius 3 is 2.24 bits per heavy atom. The zero-order valence-electron chi connectivity index (χ0n) is 12.5. The number of ketones is 1. The number of rotatable bonds is 4. The van der Waals surface area contributed by atoms with Crippen molar-refractivity contribution in [2.45, 2.75) is 13.8 Å². The lowest BCUT2D eigenvalue weighted by Crippen LogP contribution is -2.06. The highest BCUT2D eigenvalue weighted by Gasteiger charge is 2.19. The van der Waals surface area contributed by atoms with E-state index in [1.54, 1.807) is 37.4 Å². The van der Waals surface area contributed by atoms with E-state index >= 15 is 0 Å². The molecule has 0 radical (unpaired) electrons. The van der Waals surface area contributed by atoms with Crippen molar-refractivity contribution in [1.29, 1.82) is 0 Å². The van der Waals surface area contributed by atoms with Crippen LogP contribution in [0.2, 0.25) is 5.02 Å². The fourth-order valence-electron chi connectivity index (χ4n) is 2.09. The van der Waals surface area contributed by atoms with Gasteiger partial charge in [0.15, 0.2) is 5.78 Å². The lowest BCUT2D eigenvalue weighted by atomic mass is 9.98. The van der Waals surface area contributed by atoms with E-state index in [1.165, 1.54) is 7.11 Å². The molecule has 0 spiro atoms. The molecule has 0 fully saturated rings. The predicted octanol–water partition coefficient (Wildman–Crippen LogP) is 4.21. The molecule has 0 aliphatic rings. The lowest BCUT2D eigenvalue weighted by Gasteiger charge is -2.12. The van der Waals surface area contributed by atoms with Gasteiger partial charge in [0.25, 0.3) is 0 Å².